The Bertz CT molecular complexity index is 277. The van der Waals surface area contributed by atoms with Gasteiger partial charge in [0.15, 0.2) is 0 Å². The summed E-state index contributed by atoms with van der Waals surface area (Å²) < 4.78 is 0. The summed E-state index contributed by atoms with van der Waals surface area (Å²) in [5, 5.41) is 9.11. The first-order chi connectivity index (χ1) is 8.88. The van der Waals surface area contributed by atoms with Gasteiger partial charge in [0.25, 0.3) is 0 Å². The summed E-state index contributed by atoms with van der Waals surface area (Å²) >= 11 is 0. The number of ketones is 1. The number of nitrogens with zero attached hydrogens (tertiary/aromatic N) is 1. The molecule has 0 bridgehead atoms. The van der Waals surface area contributed by atoms with Crippen LogP contribution < -0.4 is 0 Å². The van der Waals surface area contributed by atoms with Crippen molar-refractivity contribution in [3.05, 3.63) is 0 Å². The van der Waals surface area contributed by atoms with Crippen molar-refractivity contribution in [3.63, 3.8) is 0 Å². The molecule has 1 fully saturated rings. The van der Waals surface area contributed by atoms with E-state index in [1.54, 1.807) is 0 Å². The van der Waals surface area contributed by atoms with Gasteiger partial charge in [-0.3, -0.25) is 4.79 Å². The predicted molar refractivity (Wildman–Crippen MR) is 79.1 cm³/mol. The third-order valence-corrected chi connectivity index (χ3v) is 4.42. The van der Waals surface area contributed by atoms with Crippen LogP contribution in [0.4, 0.5) is 0 Å². The Morgan fingerprint density at radius 1 is 1.32 bits per heavy atom. The molecule has 1 aliphatic rings. The van der Waals surface area contributed by atoms with Crippen LogP contribution in [-0.4, -0.2) is 42.0 Å². The molecule has 1 saturated carbocycles. The molecule has 0 heterocycles. The molecule has 0 aromatic rings. The zero-order valence-electron chi connectivity index (χ0n) is 13.1. The molecule has 3 nitrogen and oxygen atoms in total. The lowest BCUT2D eigenvalue weighted by Crippen LogP contribution is -2.40. The Balaban J connectivity index is 2.60. The first-order valence-electron chi connectivity index (χ1n) is 7.74. The Hall–Kier alpha value is -0.410. The fourth-order valence-corrected chi connectivity index (χ4v) is 3.14. The van der Waals surface area contributed by atoms with Crippen LogP contribution in [0.25, 0.3) is 0 Å². The Labute approximate surface area is 118 Å². The zero-order chi connectivity index (χ0) is 14.5. The van der Waals surface area contributed by atoms with E-state index >= 15 is 0 Å². The van der Waals surface area contributed by atoms with Crippen LogP contribution in [-0.2, 0) is 4.79 Å². The number of hydrogen-bond acceptors (Lipinski definition) is 3. The summed E-state index contributed by atoms with van der Waals surface area (Å²) in [6.07, 6.45) is 3.88. The maximum Gasteiger partial charge on any atom is 0.137 e. The molecule has 2 unspecified atom stereocenters. The van der Waals surface area contributed by atoms with Gasteiger partial charge in [0.1, 0.15) is 5.78 Å². The average Bonchev–Trinajstić information content (AvgIpc) is 2.31. The van der Waals surface area contributed by atoms with E-state index in [2.05, 4.69) is 32.6 Å². The van der Waals surface area contributed by atoms with Crippen molar-refractivity contribution in [1.82, 2.24) is 4.90 Å². The Kier molecular flexibility index (Phi) is 6.48. The summed E-state index contributed by atoms with van der Waals surface area (Å²) in [5.74, 6) is 1.25. The van der Waals surface area contributed by atoms with Crippen molar-refractivity contribution in [2.24, 2.45) is 17.3 Å². The molecule has 1 aliphatic carbocycles. The third-order valence-electron chi connectivity index (χ3n) is 4.42. The maximum atomic E-state index is 12.1. The number of hydrogen-bond donors (Lipinski definition) is 1. The van der Waals surface area contributed by atoms with Crippen LogP contribution in [0.15, 0.2) is 0 Å². The van der Waals surface area contributed by atoms with Crippen molar-refractivity contribution in [3.8, 4) is 0 Å². The minimum atomic E-state index is 0.177. The largest absolute Gasteiger partial charge is 0.395 e. The molecular formula is C16H31NO2. The number of aliphatic hydroxyl groups is 1. The Morgan fingerprint density at radius 3 is 2.53 bits per heavy atom. The van der Waals surface area contributed by atoms with Gasteiger partial charge in [-0.25, -0.2) is 0 Å². The van der Waals surface area contributed by atoms with Crippen LogP contribution in [0.5, 0.6) is 0 Å². The molecule has 0 spiro atoms. The molecule has 0 aromatic heterocycles. The van der Waals surface area contributed by atoms with E-state index in [1.807, 2.05) is 0 Å². The fraction of sp³-hybridized carbons (Fsp3) is 0.938. The van der Waals surface area contributed by atoms with E-state index in [4.69, 9.17) is 5.11 Å². The highest BCUT2D eigenvalue weighted by Crippen LogP contribution is 2.39. The molecule has 112 valence electrons. The Morgan fingerprint density at radius 2 is 2.00 bits per heavy atom. The number of carbonyl (C=O) groups is 1. The minimum absolute atomic E-state index is 0.177. The minimum Gasteiger partial charge on any atom is -0.395 e. The summed E-state index contributed by atoms with van der Waals surface area (Å²) in [6, 6.07) is 0. The van der Waals surface area contributed by atoms with Crippen LogP contribution in [0.2, 0.25) is 0 Å². The van der Waals surface area contributed by atoms with Gasteiger partial charge in [-0.2, -0.15) is 0 Å². The van der Waals surface area contributed by atoms with Gasteiger partial charge in [-0.1, -0.05) is 27.7 Å². The van der Waals surface area contributed by atoms with Crippen molar-refractivity contribution < 1.29 is 9.90 Å². The first kappa shape index (κ1) is 16.6. The molecular weight excluding hydrogens is 238 g/mol. The number of carbonyl (C=O) groups excluding carboxylic acids is 1. The molecule has 0 saturated heterocycles. The van der Waals surface area contributed by atoms with Crippen molar-refractivity contribution in [1.29, 1.82) is 0 Å². The monoisotopic (exact) mass is 269 g/mol. The topological polar surface area (TPSA) is 40.5 Å². The van der Waals surface area contributed by atoms with E-state index in [-0.39, 0.29) is 12.5 Å². The number of Topliss-reactive ketones (excluding diaryl/α,β-unsaturated/α-hetero) is 1. The van der Waals surface area contributed by atoms with E-state index < -0.39 is 0 Å². The fourth-order valence-electron chi connectivity index (χ4n) is 3.14. The van der Waals surface area contributed by atoms with Crippen LogP contribution in [0.3, 0.4) is 0 Å². The van der Waals surface area contributed by atoms with Gasteiger partial charge in [0.05, 0.1) is 6.61 Å². The molecule has 2 atom stereocenters. The van der Waals surface area contributed by atoms with Gasteiger partial charge in [-0.05, 0) is 37.1 Å². The quantitative estimate of drug-likeness (QED) is 0.806. The normalized spacial score (nSPS) is 25.1. The molecule has 1 N–H and O–H groups in total. The van der Waals surface area contributed by atoms with Crippen molar-refractivity contribution >= 4 is 5.78 Å². The standard InChI is InChI=1S/C16H31NO2/c1-5-8-17(9-10-18)12-13-11-14(16(2,3)4)6-7-15(13)19/h13-14,18H,5-12H2,1-4H3. The van der Waals surface area contributed by atoms with Gasteiger partial charge in [0, 0.05) is 25.4 Å². The first-order valence-corrected chi connectivity index (χ1v) is 7.74. The van der Waals surface area contributed by atoms with E-state index in [0.29, 0.717) is 23.7 Å². The molecule has 3 heteroatoms. The van der Waals surface area contributed by atoms with Crippen LogP contribution >= 0.6 is 0 Å². The molecule has 1 rings (SSSR count). The van der Waals surface area contributed by atoms with E-state index in [9.17, 15) is 4.79 Å². The third kappa shape index (κ3) is 5.23. The average molecular weight is 269 g/mol. The lowest BCUT2D eigenvalue weighted by molar-refractivity contribution is -0.127. The van der Waals surface area contributed by atoms with Gasteiger partial charge >= 0.3 is 0 Å². The van der Waals surface area contributed by atoms with E-state index in [0.717, 1.165) is 38.8 Å². The SMILES string of the molecule is CCCN(CCO)CC1CC(C(C)(C)C)CCC1=O. The highest BCUT2D eigenvalue weighted by molar-refractivity contribution is 5.82. The summed E-state index contributed by atoms with van der Waals surface area (Å²) in [4.78, 5) is 14.4. The number of aliphatic hydroxyl groups excluding tert-OH is 1. The zero-order valence-corrected chi connectivity index (χ0v) is 13.1. The molecule has 0 amide bonds. The second-order valence-corrected chi connectivity index (χ2v) is 7.02. The lowest BCUT2D eigenvalue weighted by Gasteiger charge is -2.38. The van der Waals surface area contributed by atoms with E-state index in [1.165, 1.54) is 0 Å². The predicted octanol–water partition coefficient (Wildman–Crippen LogP) is 2.72. The van der Waals surface area contributed by atoms with Crippen LogP contribution in [0.1, 0.15) is 53.4 Å². The summed E-state index contributed by atoms with van der Waals surface area (Å²) in [7, 11) is 0. The highest BCUT2D eigenvalue weighted by atomic mass is 16.3. The molecule has 19 heavy (non-hydrogen) atoms. The lowest BCUT2D eigenvalue weighted by atomic mass is 9.68. The maximum absolute atomic E-state index is 12.1. The summed E-state index contributed by atoms with van der Waals surface area (Å²) in [6.45, 7) is 11.7. The van der Waals surface area contributed by atoms with Gasteiger partial charge in [0.2, 0.25) is 0 Å². The van der Waals surface area contributed by atoms with Crippen molar-refractivity contribution in [2.45, 2.75) is 53.4 Å². The second-order valence-electron chi connectivity index (χ2n) is 7.02. The smallest absolute Gasteiger partial charge is 0.137 e. The van der Waals surface area contributed by atoms with Gasteiger partial charge < -0.3 is 10.0 Å². The molecule has 0 radical (unpaired) electrons. The molecule has 0 aliphatic heterocycles. The molecule has 0 aromatic carbocycles. The number of rotatable bonds is 6. The van der Waals surface area contributed by atoms with Crippen molar-refractivity contribution in [2.75, 3.05) is 26.2 Å². The second kappa shape index (κ2) is 7.39. The highest BCUT2D eigenvalue weighted by Gasteiger charge is 2.35. The summed E-state index contributed by atoms with van der Waals surface area (Å²) in [5.41, 5.74) is 0.297. The van der Waals surface area contributed by atoms with Gasteiger partial charge in [-0.15, -0.1) is 0 Å². The van der Waals surface area contributed by atoms with Crippen LogP contribution in [0, 0.1) is 17.3 Å².